The highest BCUT2D eigenvalue weighted by Crippen LogP contribution is 2.28. The summed E-state index contributed by atoms with van der Waals surface area (Å²) in [4.78, 5) is 12.6. The fraction of sp³-hybridized carbons (Fsp3) is 0.457. The van der Waals surface area contributed by atoms with Crippen molar-refractivity contribution in [3.8, 4) is 28.4 Å². The molecule has 3 aromatic carbocycles. The molecule has 0 heterocycles. The third-order valence-electron chi connectivity index (χ3n) is 7.05. The molecule has 0 amide bonds. The van der Waals surface area contributed by atoms with Gasteiger partial charge in [0.1, 0.15) is 30.1 Å². The Bertz CT molecular complexity index is 1230. The zero-order valence-electron chi connectivity index (χ0n) is 24.8. The molecule has 0 aromatic heterocycles. The van der Waals surface area contributed by atoms with Crippen molar-refractivity contribution >= 4 is 5.97 Å². The second-order valence-corrected chi connectivity index (χ2v) is 10.6. The number of unbranched alkanes of at least 4 members (excludes halogenated alkanes) is 8. The second-order valence-electron chi connectivity index (χ2n) is 10.6. The average Bonchev–Trinajstić information content (AvgIpc) is 2.99. The summed E-state index contributed by atoms with van der Waals surface area (Å²) in [6.07, 6.45) is 10.00. The molecule has 3 rings (SSSR count). The van der Waals surface area contributed by atoms with E-state index in [1.54, 1.807) is 36.4 Å². The summed E-state index contributed by atoms with van der Waals surface area (Å²) in [5.74, 6) is -1.54. The van der Waals surface area contributed by atoms with Crippen LogP contribution in [0.1, 0.15) is 94.8 Å². The molecule has 4 nitrogen and oxygen atoms in total. The SMILES string of the molecule is CCCCCCCCOc1ccc(-c2ccc(OC(=O)c3ccc(OCC(F)CCCCCC)cc3F)cc2)cc1F. The molecule has 0 saturated heterocycles. The van der Waals surface area contributed by atoms with Crippen molar-refractivity contribution in [2.75, 3.05) is 13.2 Å². The summed E-state index contributed by atoms with van der Waals surface area (Å²) < 4.78 is 59.6. The van der Waals surface area contributed by atoms with Crippen LogP contribution >= 0.6 is 0 Å². The summed E-state index contributed by atoms with van der Waals surface area (Å²) in [6.45, 7) is 4.59. The van der Waals surface area contributed by atoms with Crippen molar-refractivity contribution in [1.82, 2.24) is 0 Å². The van der Waals surface area contributed by atoms with Crippen LogP contribution in [0.5, 0.6) is 17.2 Å². The molecule has 0 aliphatic carbocycles. The van der Waals surface area contributed by atoms with Crippen LogP contribution in [-0.4, -0.2) is 25.4 Å². The molecule has 42 heavy (non-hydrogen) atoms. The van der Waals surface area contributed by atoms with Crippen LogP contribution < -0.4 is 14.2 Å². The molecule has 0 radical (unpaired) electrons. The first-order chi connectivity index (χ1) is 20.4. The van der Waals surface area contributed by atoms with E-state index in [0.717, 1.165) is 50.2 Å². The molecule has 3 aromatic rings. The first-order valence-corrected chi connectivity index (χ1v) is 15.2. The molecule has 0 saturated carbocycles. The van der Waals surface area contributed by atoms with Gasteiger partial charge in [-0.3, -0.25) is 0 Å². The van der Waals surface area contributed by atoms with Crippen molar-refractivity contribution in [2.24, 2.45) is 0 Å². The number of ether oxygens (including phenoxy) is 3. The summed E-state index contributed by atoms with van der Waals surface area (Å²) in [5.41, 5.74) is 1.11. The van der Waals surface area contributed by atoms with Crippen LogP contribution in [0.4, 0.5) is 13.2 Å². The lowest BCUT2D eigenvalue weighted by Gasteiger charge is -2.12. The minimum atomic E-state index is -1.13. The first kappa shape index (κ1) is 33.0. The van der Waals surface area contributed by atoms with Crippen molar-refractivity contribution in [1.29, 1.82) is 0 Å². The number of hydrogen-bond acceptors (Lipinski definition) is 4. The fourth-order valence-corrected chi connectivity index (χ4v) is 4.55. The van der Waals surface area contributed by atoms with E-state index in [1.165, 1.54) is 43.9 Å². The van der Waals surface area contributed by atoms with Gasteiger partial charge >= 0.3 is 5.97 Å². The average molecular weight is 585 g/mol. The molecule has 7 heteroatoms. The Hall–Kier alpha value is -3.48. The van der Waals surface area contributed by atoms with Crippen molar-refractivity contribution < 1.29 is 32.2 Å². The largest absolute Gasteiger partial charge is 0.491 e. The quantitative estimate of drug-likeness (QED) is 0.0799. The Morgan fingerprint density at radius 1 is 0.690 bits per heavy atom. The lowest BCUT2D eigenvalue weighted by atomic mass is 10.1. The van der Waals surface area contributed by atoms with Crippen molar-refractivity contribution in [2.45, 2.75) is 90.6 Å². The molecular formula is C35H43F3O4. The third kappa shape index (κ3) is 11.1. The van der Waals surface area contributed by atoms with Gasteiger partial charge in [0.2, 0.25) is 0 Å². The minimum absolute atomic E-state index is 0.149. The highest BCUT2D eigenvalue weighted by atomic mass is 19.1. The fourth-order valence-electron chi connectivity index (χ4n) is 4.55. The standard InChI is InChI=1S/C35H43F3O4/c1-3-5-7-9-10-12-22-40-34-21-16-27(23-33(34)38)26-14-17-29(18-15-26)42-35(39)31-20-19-30(24-32(31)37)41-25-28(36)13-11-8-6-4-2/h14-21,23-24,28H,3-13,22,25H2,1-2H3. The minimum Gasteiger partial charge on any atom is -0.491 e. The van der Waals surface area contributed by atoms with Crippen LogP contribution in [-0.2, 0) is 0 Å². The van der Waals surface area contributed by atoms with Crippen LogP contribution in [0.25, 0.3) is 11.1 Å². The summed E-state index contributed by atoms with van der Waals surface area (Å²) in [5, 5.41) is 0. The maximum absolute atomic E-state index is 14.6. The summed E-state index contributed by atoms with van der Waals surface area (Å²) in [7, 11) is 0. The number of carbonyl (C=O) groups excluding carboxylic acids is 1. The lowest BCUT2D eigenvalue weighted by Crippen LogP contribution is -2.14. The normalized spacial score (nSPS) is 11.7. The topological polar surface area (TPSA) is 44.8 Å². The predicted octanol–water partition coefficient (Wildman–Crippen LogP) is 10.3. The molecule has 0 bridgehead atoms. The Morgan fingerprint density at radius 3 is 2.02 bits per heavy atom. The second kappa shape index (κ2) is 18.1. The van der Waals surface area contributed by atoms with Crippen LogP contribution in [0, 0.1) is 11.6 Å². The van der Waals surface area contributed by atoms with E-state index in [-0.39, 0.29) is 29.4 Å². The van der Waals surface area contributed by atoms with Crippen molar-refractivity contribution in [3.63, 3.8) is 0 Å². The van der Waals surface area contributed by atoms with Gasteiger partial charge in [0.05, 0.1) is 12.2 Å². The zero-order valence-corrected chi connectivity index (χ0v) is 24.8. The number of esters is 1. The Balaban J connectivity index is 1.48. The lowest BCUT2D eigenvalue weighted by molar-refractivity contribution is 0.0729. The molecule has 0 spiro atoms. The van der Waals surface area contributed by atoms with Gasteiger partial charge in [-0.2, -0.15) is 0 Å². The van der Waals surface area contributed by atoms with Crippen LogP contribution in [0.15, 0.2) is 60.7 Å². The molecular weight excluding hydrogens is 541 g/mol. The predicted molar refractivity (Wildman–Crippen MR) is 161 cm³/mol. The van der Waals surface area contributed by atoms with Gasteiger partial charge in [-0.1, -0.05) is 89.8 Å². The van der Waals surface area contributed by atoms with E-state index in [4.69, 9.17) is 14.2 Å². The van der Waals surface area contributed by atoms with Crippen LogP contribution in [0.2, 0.25) is 0 Å². The van der Waals surface area contributed by atoms with Gasteiger partial charge in [0.15, 0.2) is 11.6 Å². The van der Waals surface area contributed by atoms with Gasteiger partial charge in [0, 0.05) is 6.07 Å². The van der Waals surface area contributed by atoms with Crippen molar-refractivity contribution in [3.05, 3.63) is 77.9 Å². The maximum Gasteiger partial charge on any atom is 0.346 e. The molecule has 0 aliphatic heterocycles. The third-order valence-corrected chi connectivity index (χ3v) is 7.05. The van der Waals surface area contributed by atoms with Gasteiger partial charge in [-0.15, -0.1) is 0 Å². The number of rotatable bonds is 19. The summed E-state index contributed by atoms with van der Waals surface area (Å²) in [6, 6.07) is 15.0. The molecule has 0 N–H and O–H groups in total. The highest BCUT2D eigenvalue weighted by Gasteiger charge is 2.16. The Kier molecular flexibility index (Phi) is 14.3. The number of carbonyl (C=O) groups is 1. The van der Waals surface area contributed by atoms with Gasteiger partial charge in [-0.25, -0.2) is 18.0 Å². The van der Waals surface area contributed by atoms with E-state index in [1.807, 2.05) is 0 Å². The number of benzene rings is 3. The smallest absolute Gasteiger partial charge is 0.346 e. The summed E-state index contributed by atoms with van der Waals surface area (Å²) >= 11 is 0. The number of hydrogen-bond donors (Lipinski definition) is 0. The molecule has 1 unspecified atom stereocenters. The van der Waals surface area contributed by atoms with E-state index in [9.17, 15) is 18.0 Å². The molecule has 0 aliphatic rings. The van der Waals surface area contributed by atoms with Crippen LogP contribution in [0.3, 0.4) is 0 Å². The van der Waals surface area contributed by atoms with E-state index >= 15 is 0 Å². The maximum atomic E-state index is 14.6. The molecule has 0 fully saturated rings. The van der Waals surface area contributed by atoms with Gasteiger partial charge in [-0.05, 0) is 60.4 Å². The zero-order chi connectivity index (χ0) is 30.2. The van der Waals surface area contributed by atoms with Gasteiger partial charge < -0.3 is 14.2 Å². The van der Waals surface area contributed by atoms with E-state index in [2.05, 4.69) is 13.8 Å². The molecule has 1 atom stereocenters. The monoisotopic (exact) mass is 584 g/mol. The van der Waals surface area contributed by atoms with E-state index < -0.39 is 23.8 Å². The highest BCUT2D eigenvalue weighted by molar-refractivity contribution is 5.91. The van der Waals surface area contributed by atoms with Gasteiger partial charge in [0.25, 0.3) is 0 Å². The molecule has 228 valence electrons. The first-order valence-electron chi connectivity index (χ1n) is 15.2. The Labute approximate surface area is 248 Å². The van der Waals surface area contributed by atoms with E-state index in [0.29, 0.717) is 18.6 Å². The Morgan fingerprint density at radius 2 is 1.33 bits per heavy atom. The number of halogens is 3. The number of alkyl halides is 1.